The summed E-state index contributed by atoms with van der Waals surface area (Å²) in [5.41, 5.74) is 0.835. The first-order valence-electron chi connectivity index (χ1n) is 8.34. The summed E-state index contributed by atoms with van der Waals surface area (Å²) in [6, 6.07) is 1.29. The normalized spacial score (nSPS) is 12.4. The maximum Gasteiger partial charge on any atom is 0.374 e. The monoisotopic (exact) mass is 430 g/mol. The third kappa shape index (κ3) is 5.85. The fraction of sp³-hybridized carbons (Fsp3) is 0.412. The molecule has 2 aromatic rings. The van der Waals surface area contributed by atoms with Crippen LogP contribution < -0.4 is 10.8 Å². The molecule has 1 atom stereocenters. The van der Waals surface area contributed by atoms with Gasteiger partial charge in [-0.15, -0.1) is 11.3 Å². The van der Waals surface area contributed by atoms with E-state index >= 15 is 0 Å². The Balaban J connectivity index is 2.07. The molecule has 3 N–H and O–H groups in total. The number of carbonyl (C=O) groups is 2. The second-order valence-electron chi connectivity index (χ2n) is 6.35. The molecular formula is C17H20ClFN4O4S. The lowest BCUT2D eigenvalue weighted by Crippen LogP contribution is -2.42. The molecule has 0 aliphatic heterocycles. The van der Waals surface area contributed by atoms with E-state index in [4.69, 9.17) is 16.4 Å². The highest BCUT2D eigenvalue weighted by Crippen LogP contribution is 2.21. The number of rotatable bonds is 8. The molecule has 8 nitrogen and oxygen atoms in total. The Kier molecular flexibility index (Phi) is 7.28. The van der Waals surface area contributed by atoms with Gasteiger partial charge in [-0.1, -0.05) is 18.5 Å². The number of anilines is 1. The van der Waals surface area contributed by atoms with Gasteiger partial charge < -0.3 is 15.3 Å². The molecule has 0 aromatic carbocycles. The maximum absolute atomic E-state index is 13.8. The largest absolute Gasteiger partial charge is 0.387 e. The number of amides is 1. The van der Waals surface area contributed by atoms with Crippen LogP contribution in [-0.2, 0) is 11.3 Å². The average Bonchev–Trinajstić information content (AvgIpc) is 3.12. The molecule has 0 saturated carbocycles. The van der Waals surface area contributed by atoms with Crippen LogP contribution in [0.5, 0.6) is 0 Å². The third-order valence-electron chi connectivity index (χ3n) is 3.63. The smallest absolute Gasteiger partial charge is 0.374 e. The lowest BCUT2D eigenvalue weighted by molar-refractivity contribution is -0.00178. The molecule has 0 saturated heterocycles. The molecule has 11 heteroatoms. The van der Waals surface area contributed by atoms with E-state index in [1.165, 1.54) is 37.4 Å². The average molecular weight is 431 g/mol. The molecule has 28 heavy (non-hydrogen) atoms. The number of aromatic nitrogens is 2. The zero-order chi connectivity index (χ0) is 20.9. The van der Waals surface area contributed by atoms with E-state index in [1.807, 2.05) is 6.92 Å². The van der Waals surface area contributed by atoms with Crippen molar-refractivity contribution in [3.05, 3.63) is 39.1 Å². The van der Waals surface area contributed by atoms with Crippen molar-refractivity contribution < 1.29 is 23.9 Å². The number of pyridine rings is 1. The molecule has 2 aromatic heterocycles. The van der Waals surface area contributed by atoms with Crippen LogP contribution >= 0.6 is 22.9 Å². The van der Waals surface area contributed by atoms with E-state index in [1.54, 1.807) is 0 Å². The molecule has 0 bridgehead atoms. The van der Waals surface area contributed by atoms with Gasteiger partial charge in [0.05, 0.1) is 34.6 Å². The molecule has 1 amide bonds. The minimum atomic E-state index is -1.68. The number of hydrogen-bond donors (Lipinski definition) is 3. The summed E-state index contributed by atoms with van der Waals surface area (Å²) in [6.07, 6.45) is 1.58. The summed E-state index contributed by atoms with van der Waals surface area (Å²) >= 11 is 7.03. The van der Waals surface area contributed by atoms with Gasteiger partial charge in [0.15, 0.2) is 0 Å². The van der Waals surface area contributed by atoms with E-state index in [0.29, 0.717) is 11.3 Å². The van der Waals surface area contributed by atoms with Crippen LogP contribution in [0.1, 0.15) is 45.8 Å². The summed E-state index contributed by atoms with van der Waals surface area (Å²) in [6.45, 7) is 4.09. The van der Waals surface area contributed by atoms with Gasteiger partial charge >= 0.3 is 5.97 Å². The number of carbonyl (C=O) groups excluding carboxylic acids is 2. The SMILES string of the molecule is CCc1ncc(C(=O)ONc2cc(Cl)ncc2C(=O)NCC(F)C(C)(C)O)s1. The highest BCUT2D eigenvalue weighted by molar-refractivity contribution is 7.13. The van der Waals surface area contributed by atoms with E-state index in [9.17, 15) is 19.1 Å². The molecule has 0 aliphatic rings. The van der Waals surface area contributed by atoms with Gasteiger partial charge in [0.25, 0.3) is 5.91 Å². The second-order valence-corrected chi connectivity index (χ2v) is 7.85. The van der Waals surface area contributed by atoms with Gasteiger partial charge in [-0.3, -0.25) is 4.79 Å². The Hall–Kier alpha value is -2.30. The zero-order valence-corrected chi connectivity index (χ0v) is 17.0. The molecular weight excluding hydrogens is 411 g/mol. The molecule has 2 heterocycles. The molecule has 0 radical (unpaired) electrons. The van der Waals surface area contributed by atoms with Crippen LogP contribution in [-0.4, -0.2) is 45.3 Å². The number of hydrogen-bond acceptors (Lipinski definition) is 8. The number of nitrogens with one attached hydrogen (secondary N) is 2. The van der Waals surface area contributed by atoms with Crippen LogP contribution in [0.3, 0.4) is 0 Å². The molecule has 1 unspecified atom stereocenters. The number of aliphatic hydroxyl groups is 1. The van der Waals surface area contributed by atoms with Crippen LogP contribution in [0.25, 0.3) is 0 Å². The van der Waals surface area contributed by atoms with Gasteiger partial charge in [0, 0.05) is 12.3 Å². The highest BCUT2D eigenvalue weighted by Gasteiger charge is 2.27. The van der Waals surface area contributed by atoms with Gasteiger partial charge in [0.2, 0.25) is 0 Å². The number of thiazole rings is 1. The molecule has 2 rings (SSSR count). The number of alkyl halides is 1. The molecule has 0 aliphatic carbocycles. The van der Waals surface area contributed by atoms with E-state index in [-0.39, 0.29) is 16.4 Å². The van der Waals surface area contributed by atoms with Crippen molar-refractivity contribution in [2.24, 2.45) is 0 Å². The Labute approximate surface area is 170 Å². The lowest BCUT2D eigenvalue weighted by atomic mass is 10.0. The number of aryl methyl sites for hydroxylation is 1. The Morgan fingerprint density at radius 2 is 2.11 bits per heavy atom. The van der Waals surface area contributed by atoms with Gasteiger partial charge in [0.1, 0.15) is 16.2 Å². The second kappa shape index (κ2) is 9.26. The van der Waals surface area contributed by atoms with Crippen molar-refractivity contribution in [1.29, 1.82) is 0 Å². The fourth-order valence-corrected chi connectivity index (χ4v) is 2.83. The first-order chi connectivity index (χ1) is 13.1. The van der Waals surface area contributed by atoms with Crippen molar-refractivity contribution >= 4 is 40.5 Å². The van der Waals surface area contributed by atoms with Gasteiger partial charge in [-0.05, 0) is 20.3 Å². The van der Waals surface area contributed by atoms with Crippen molar-refractivity contribution in [2.75, 3.05) is 12.0 Å². The van der Waals surface area contributed by atoms with Crippen molar-refractivity contribution in [3.63, 3.8) is 0 Å². The molecule has 0 fully saturated rings. The minimum Gasteiger partial charge on any atom is -0.387 e. The van der Waals surface area contributed by atoms with Crippen LogP contribution in [0.15, 0.2) is 18.5 Å². The van der Waals surface area contributed by atoms with Crippen LogP contribution in [0, 0.1) is 0 Å². The first kappa shape index (κ1) is 22.0. The summed E-state index contributed by atoms with van der Waals surface area (Å²) in [4.78, 5) is 37.6. The van der Waals surface area contributed by atoms with E-state index in [2.05, 4.69) is 20.8 Å². The highest BCUT2D eigenvalue weighted by atomic mass is 35.5. The minimum absolute atomic E-state index is 0.0151. The van der Waals surface area contributed by atoms with E-state index < -0.39 is 30.2 Å². The predicted molar refractivity (Wildman–Crippen MR) is 103 cm³/mol. The van der Waals surface area contributed by atoms with Gasteiger partial charge in [-0.25, -0.2) is 24.6 Å². The number of nitrogens with zero attached hydrogens (tertiary/aromatic N) is 2. The van der Waals surface area contributed by atoms with Crippen LogP contribution in [0.4, 0.5) is 10.1 Å². The fourth-order valence-electron chi connectivity index (χ4n) is 1.94. The summed E-state index contributed by atoms with van der Waals surface area (Å²) in [5, 5.41) is 12.8. The third-order valence-corrected chi connectivity index (χ3v) is 4.96. The maximum atomic E-state index is 13.8. The lowest BCUT2D eigenvalue weighted by Gasteiger charge is -2.22. The number of halogens is 2. The molecule has 0 spiro atoms. The standard InChI is InChI=1S/C17H20ClFN4O4S/c1-4-14-21-7-11(28-14)16(25)27-23-10-5-13(18)20-6-9(10)15(24)22-8-12(19)17(2,3)26/h5-7,12,26H,4,8H2,1-3H3,(H,20,23)(H,22,24). The Bertz CT molecular complexity index is 856. The van der Waals surface area contributed by atoms with Crippen LogP contribution in [0.2, 0.25) is 5.15 Å². The first-order valence-corrected chi connectivity index (χ1v) is 9.53. The zero-order valence-electron chi connectivity index (χ0n) is 15.5. The van der Waals surface area contributed by atoms with Crippen molar-refractivity contribution in [2.45, 2.75) is 39.0 Å². The van der Waals surface area contributed by atoms with Gasteiger partial charge in [-0.2, -0.15) is 0 Å². The van der Waals surface area contributed by atoms with E-state index in [0.717, 1.165) is 11.2 Å². The topological polar surface area (TPSA) is 113 Å². The molecule has 152 valence electrons. The summed E-state index contributed by atoms with van der Waals surface area (Å²) in [7, 11) is 0. The quantitative estimate of drug-likeness (QED) is 0.436. The summed E-state index contributed by atoms with van der Waals surface area (Å²) in [5.74, 6) is -1.36. The Morgan fingerprint density at radius 1 is 1.39 bits per heavy atom. The van der Waals surface area contributed by atoms with Crippen molar-refractivity contribution in [1.82, 2.24) is 15.3 Å². The Morgan fingerprint density at radius 3 is 2.71 bits per heavy atom. The van der Waals surface area contributed by atoms with Crippen molar-refractivity contribution in [3.8, 4) is 0 Å². The predicted octanol–water partition coefficient (Wildman–Crippen LogP) is 2.78. The summed E-state index contributed by atoms with van der Waals surface area (Å²) < 4.78 is 13.8.